The summed E-state index contributed by atoms with van der Waals surface area (Å²) < 4.78 is 10.4. The molecular weight excluding hydrogens is 306 g/mol. The van der Waals surface area contributed by atoms with Crippen LogP contribution >= 0.6 is 0 Å². The lowest BCUT2D eigenvalue weighted by Gasteiger charge is -2.21. The van der Waals surface area contributed by atoms with Crippen LogP contribution in [0.5, 0.6) is 0 Å². The molecular formula is C18H19N3O3. The molecule has 2 heterocycles. The standard InChI is InChI=1S/C18H19N3O3/c1-23-10-8-21(13-16-6-4-9-24-16)18(22)20-15-11-14-5-2-3-7-17(14)19-12-15/h2-7,9,11-12H,8,10,13H2,1H3,(H,20,22). The van der Waals surface area contributed by atoms with Crippen molar-refractivity contribution >= 4 is 22.6 Å². The van der Waals surface area contributed by atoms with Crippen LogP contribution in [0.1, 0.15) is 5.76 Å². The number of furan rings is 1. The van der Waals surface area contributed by atoms with Crippen LogP contribution in [0.4, 0.5) is 10.5 Å². The van der Waals surface area contributed by atoms with Crippen LogP contribution in [0.2, 0.25) is 0 Å². The molecule has 24 heavy (non-hydrogen) atoms. The molecule has 1 aromatic carbocycles. The summed E-state index contributed by atoms with van der Waals surface area (Å²) in [6.07, 6.45) is 3.25. The molecule has 3 rings (SSSR count). The monoisotopic (exact) mass is 325 g/mol. The summed E-state index contributed by atoms with van der Waals surface area (Å²) in [6.45, 7) is 1.29. The number of hydrogen-bond acceptors (Lipinski definition) is 4. The maximum absolute atomic E-state index is 12.6. The third kappa shape index (κ3) is 3.91. The van der Waals surface area contributed by atoms with Crippen molar-refractivity contribution < 1.29 is 13.9 Å². The normalized spacial score (nSPS) is 10.7. The number of hydrogen-bond donors (Lipinski definition) is 1. The van der Waals surface area contributed by atoms with E-state index >= 15 is 0 Å². The van der Waals surface area contributed by atoms with Gasteiger partial charge in [-0.3, -0.25) is 4.98 Å². The van der Waals surface area contributed by atoms with E-state index in [2.05, 4.69) is 10.3 Å². The Bertz CT molecular complexity index is 802. The van der Waals surface area contributed by atoms with E-state index in [0.29, 0.717) is 25.4 Å². The highest BCUT2D eigenvalue weighted by Crippen LogP contribution is 2.17. The fourth-order valence-electron chi connectivity index (χ4n) is 2.39. The van der Waals surface area contributed by atoms with Gasteiger partial charge in [0.15, 0.2) is 0 Å². The molecule has 0 unspecified atom stereocenters. The molecule has 124 valence electrons. The molecule has 3 aromatic rings. The fraction of sp³-hybridized carbons (Fsp3) is 0.222. The van der Waals surface area contributed by atoms with E-state index in [4.69, 9.17) is 9.15 Å². The third-order valence-electron chi connectivity index (χ3n) is 3.62. The molecule has 0 aliphatic carbocycles. The van der Waals surface area contributed by atoms with Crippen LogP contribution in [0.25, 0.3) is 10.9 Å². The highest BCUT2D eigenvalue weighted by Gasteiger charge is 2.15. The fourth-order valence-corrected chi connectivity index (χ4v) is 2.39. The van der Waals surface area contributed by atoms with Gasteiger partial charge < -0.3 is 19.4 Å². The molecule has 0 saturated heterocycles. The molecule has 0 radical (unpaired) electrons. The Balaban J connectivity index is 1.73. The van der Waals surface area contributed by atoms with Crippen LogP contribution in [-0.4, -0.2) is 36.2 Å². The average Bonchev–Trinajstić information content (AvgIpc) is 3.11. The number of amides is 2. The first-order chi connectivity index (χ1) is 11.8. The maximum atomic E-state index is 12.6. The van der Waals surface area contributed by atoms with Crippen molar-refractivity contribution in [3.63, 3.8) is 0 Å². The van der Waals surface area contributed by atoms with Gasteiger partial charge >= 0.3 is 6.03 Å². The zero-order valence-electron chi connectivity index (χ0n) is 13.4. The maximum Gasteiger partial charge on any atom is 0.322 e. The van der Waals surface area contributed by atoms with Crippen LogP contribution in [-0.2, 0) is 11.3 Å². The van der Waals surface area contributed by atoms with Gasteiger partial charge in [0.2, 0.25) is 0 Å². The summed E-state index contributed by atoms with van der Waals surface area (Å²) in [5, 5.41) is 3.86. The van der Waals surface area contributed by atoms with Crippen molar-refractivity contribution in [3.05, 3.63) is 60.7 Å². The number of anilines is 1. The summed E-state index contributed by atoms with van der Waals surface area (Å²) in [6, 6.07) is 13.1. The molecule has 2 amide bonds. The van der Waals surface area contributed by atoms with Gasteiger partial charge in [-0.25, -0.2) is 4.79 Å². The van der Waals surface area contributed by atoms with Gasteiger partial charge in [0.1, 0.15) is 5.76 Å². The van der Waals surface area contributed by atoms with E-state index in [1.54, 1.807) is 30.5 Å². The topological polar surface area (TPSA) is 67.6 Å². The average molecular weight is 325 g/mol. The van der Waals surface area contributed by atoms with Gasteiger partial charge in [-0.2, -0.15) is 0 Å². The van der Waals surface area contributed by atoms with Crippen molar-refractivity contribution in [1.29, 1.82) is 0 Å². The first-order valence-electron chi connectivity index (χ1n) is 7.68. The molecule has 0 aliphatic heterocycles. The number of carbonyl (C=O) groups excluding carboxylic acids is 1. The largest absolute Gasteiger partial charge is 0.467 e. The first kappa shape index (κ1) is 16.0. The lowest BCUT2D eigenvalue weighted by molar-refractivity contribution is 0.149. The second-order valence-electron chi connectivity index (χ2n) is 5.34. The Labute approximate surface area is 140 Å². The number of pyridine rings is 1. The minimum atomic E-state index is -0.222. The third-order valence-corrected chi connectivity index (χ3v) is 3.62. The molecule has 0 aliphatic rings. The summed E-state index contributed by atoms with van der Waals surface area (Å²) in [5.74, 6) is 0.720. The number of nitrogens with one attached hydrogen (secondary N) is 1. The lowest BCUT2D eigenvalue weighted by Crippen LogP contribution is -2.36. The first-order valence-corrected chi connectivity index (χ1v) is 7.68. The molecule has 0 atom stereocenters. The van der Waals surface area contributed by atoms with Crippen molar-refractivity contribution in [2.75, 3.05) is 25.6 Å². The number of urea groups is 1. The van der Waals surface area contributed by atoms with Gasteiger partial charge in [0, 0.05) is 19.0 Å². The predicted octanol–water partition coefficient (Wildman–Crippen LogP) is 3.51. The number of nitrogens with zero attached hydrogens (tertiary/aromatic N) is 2. The minimum Gasteiger partial charge on any atom is -0.467 e. The van der Waals surface area contributed by atoms with Crippen molar-refractivity contribution in [3.8, 4) is 0 Å². The molecule has 6 heteroatoms. The predicted molar refractivity (Wildman–Crippen MR) is 91.8 cm³/mol. The molecule has 1 N–H and O–H groups in total. The Morgan fingerprint density at radius 3 is 2.96 bits per heavy atom. The zero-order valence-corrected chi connectivity index (χ0v) is 13.4. The molecule has 0 fully saturated rings. The van der Waals surface area contributed by atoms with Gasteiger partial charge in [0.05, 0.1) is 36.8 Å². The van der Waals surface area contributed by atoms with E-state index in [-0.39, 0.29) is 6.03 Å². The van der Waals surface area contributed by atoms with Crippen LogP contribution in [0, 0.1) is 0 Å². The number of para-hydroxylation sites is 1. The van der Waals surface area contributed by atoms with Gasteiger partial charge in [-0.1, -0.05) is 18.2 Å². The Hall–Kier alpha value is -2.86. The minimum absolute atomic E-state index is 0.222. The molecule has 6 nitrogen and oxygen atoms in total. The Morgan fingerprint density at radius 1 is 1.29 bits per heavy atom. The zero-order chi connectivity index (χ0) is 16.8. The smallest absolute Gasteiger partial charge is 0.322 e. The van der Waals surface area contributed by atoms with Crippen LogP contribution < -0.4 is 5.32 Å². The van der Waals surface area contributed by atoms with E-state index in [1.807, 2.05) is 36.4 Å². The summed E-state index contributed by atoms with van der Waals surface area (Å²) in [5.41, 5.74) is 1.54. The number of benzene rings is 1. The number of ether oxygens (including phenoxy) is 1. The summed E-state index contributed by atoms with van der Waals surface area (Å²) in [7, 11) is 1.61. The van der Waals surface area contributed by atoms with Crippen molar-refractivity contribution in [2.45, 2.75) is 6.54 Å². The highest BCUT2D eigenvalue weighted by atomic mass is 16.5. The molecule has 0 saturated carbocycles. The Kier molecular flexibility index (Phi) is 5.08. The number of aromatic nitrogens is 1. The SMILES string of the molecule is COCCN(Cc1ccco1)C(=O)Nc1cnc2ccccc2c1. The van der Waals surface area contributed by atoms with Gasteiger partial charge in [-0.05, 0) is 24.3 Å². The van der Waals surface area contributed by atoms with E-state index in [1.165, 1.54) is 0 Å². The van der Waals surface area contributed by atoms with Gasteiger partial charge in [-0.15, -0.1) is 0 Å². The second-order valence-corrected chi connectivity index (χ2v) is 5.34. The van der Waals surface area contributed by atoms with Crippen molar-refractivity contribution in [1.82, 2.24) is 9.88 Å². The van der Waals surface area contributed by atoms with E-state index in [9.17, 15) is 4.79 Å². The molecule has 0 spiro atoms. The lowest BCUT2D eigenvalue weighted by atomic mass is 10.2. The number of methoxy groups -OCH3 is 1. The van der Waals surface area contributed by atoms with E-state index < -0.39 is 0 Å². The van der Waals surface area contributed by atoms with Crippen LogP contribution in [0.15, 0.2) is 59.3 Å². The molecule has 2 aromatic heterocycles. The van der Waals surface area contributed by atoms with Gasteiger partial charge in [0.25, 0.3) is 0 Å². The summed E-state index contributed by atoms with van der Waals surface area (Å²) >= 11 is 0. The Morgan fingerprint density at radius 2 is 2.17 bits per heavy atom. The van der Waals surface area contributed by atoms with Crippen LogP contribution in [0.3, 0.4) is 0 Å². The number of rotatable bonds is 6. The molecule has 0 bridgehead atoms. The highest BCUT2D eigenvalue weighted by molar-refractivity contribution is 5.92. The quantitative estimate of drug-likeness (QED) is 0.753. The van der Waals surface area contributed by atoms with Crippen molar-refractivity contribution in [2.24, 2.45) is 0 Å². The second kappa shape index (κ2) is 7.61. The summed E-state index contributed by atoms with van der Waals surface area (Å²) in [4.78, 5) is 18.6. The van der Waals surface area contributed by atoms with E-state index in [0.717, 1.165) is 16.7 Å². The number of fused-ring (bicyclic) bond motifs is 1. The number of carbonyl (C=O) groups is 1.